The number of rotatable bonds is 6. The van der Waals surface area contributed by atoms with Crippen molar-refractivity contribution in [2.45, 2.75) is 38.1 Å². The molecule has 1 N–H and O–H groups in total. The summed E-state index contributed by atoms with van der Waals surface area (Å²) in [6.07, 6.45) is 2.29. The summed E-state index contributed by atoms with van der Waals surface area (Å²) in [5.41, 5.74) is 1.92. The van der Waals surface area contributed by atoms with Gasteiger partial charge in [0.05, 0.1) is 0 Å². The highest BCUT2D eigenvalue weighted by atomic mass is 32.1. The van der Waals surface area contributed by atoms with Gasteiger partial charge in [-0.1, -0.05) is 23.5 Å². The highest BCUT2D eigenvalue weighted by Gasteiger charge is 2.44. The number of nitrogens with one attached hydrogen (secondary N) is 1. The first-order valence-electron chi connectivity index (χ1n) is 7.68. The van der Waals surface area contributed by atoms with Gasteiger partial charge in [-0.25, -0.2) is 4.39 Å². The number of aromatic nitrogens is 1. The van der Waals surface area contributed by atoms with E-state index in [1.54, 1.807) is 22.1 Å². The molecule has 1 aromatic heterocycles. The Kier molecular flexibility index (Phi) is 4.35. The third-order valence-corrected chi connectivity index (χ3v) is 5.35. The summed E-state index contributed by atoms with van der Waals surface area (Å²) < 4.78 is 14.6. The van der Waals surface area contributed by atoms with Crippen LogP contribution in [-0.4, -0.2) is 17.0 Å². The number of aryl methyl sites for hydroxylation is 1. The number of halogens is 1. The fraction of sp³-hybridized carbons (Fsp3) is 0.412. The van der Waals surface area contributed by atoms with Crippen LogP contribution in [0.5, 0.6) is 0 Å². The van der Waals surface area contributed by atoms with Crippen LogP contribution in [0.1, 0.15) is 30.5 Å². The molecule has 0 aliphatic heterocycles. The summed E-state index contributed by atoms with van der Waals surface area (Å²) in [5.74, 6) is -0.305. The third-order valence-electron chi connectivity index (χ3n) is 4.47. The molecule has 1 aliphatic rings. The molecule has 0 unspecified atom stereocenters. The maximum absolute atomic E-state index is 13.0. The van der Waals surface area contributed by atoms with E-state index in [2.05, 4.69) is 5.32 Å². The summed E-state index contributed by atoms with van der Waals surface area (Å²) in [5, 5.41) is 4.75. The smallest absolute Gasteiger partial charge is 0.307 e. The van der Waals surface area contributed by atoms with Crippen molar-refractivity contribution in [3.8, 4) is 0 Å². The minimum absolute atomic E-state index is 0.0275. The number of thiazole rings is 1. The van der Waals surface area contributed by atoms with Gasteiger partial charge in [0.15, 0.2) is 0 Å². The van der Waals surface area contributed by atoms with Crippen molar-refractivity contribution in [2.24, 2.45) is 0 Å². The second-order valence-electron chi connectivity index (χ2n) is 6.11. The van der Waals surface area contributed by atoms with Gasteiger partial charge in [-0.3, -0.25) is 9.59 Å². The van der Waals surface area contributed by atoms with Crippen molar-refractivity contribution in [2.75, 3.05) is 6.54 Å². The molecule has 4 nitrogen and oxygen atoms in total. The minimum atomic E-state index is -0.245. The van der Waals surface area contributed by atoms with Crippen molar-refractivity contribution in [1.29, 1.82) is 0 Å². The molecule has 0 radical (unpaired) electrons. The van der Waals surface area contributed by atoms with Crippen LogP contribution in [0.25, 0.3) is 0 Å². The molecule has 0 bridgehead atoms. The lowest BCUT2D eigenvalue weighted by atomic mass is 9.96. The van der Waals surface area contributed by atoms with Crippen molar-refractivity contribution >= 4 is 17.2 Å². The van der Waals surface area contributed by atoms with Crippen LogP contribution in [-0.2, 0) is 16.8 Å². The summed E-state index contributed by atoms with van der Waals surface area (Å²) in [6, 6.07) is 6.51. The normalized spacial score (nSPS) is 15.4. The highest BCUT2D eigenvalue weighted by molar-refractivity contribution is 7.07. The van der Waals surface area contributed by atoms with E-state index in [1.165, 1.54) is 12.1 Å². The Balaban J connectivity index is 1.53. The minimum Gasteiger partial charge on any atom is -0.355 e. The molecule has 1 saturated carbocycles. The van der Waals surface area contributed by atoms with Gasteiger partial charge in [-0.15, -0.1) is 0 Å². The number of amides is 1. The van der Waals surface area contributed by atoms with Crippen LogP contribution >= 0.6 is 11.3 Å². The zero-order valence-corrected chi connectivity index (χ0v) is 13.8. The lowest BCUT2D eigenvalue weighted by molar-refractivity contribution is -0.121. The number of hydrogen-bond donors (Lipinski definition) is 1. The zero-order valence-electron chi connectivity index (χ0n) is 13.0. The first-order valence-corrected chi connectivity index (χ1v) is 8.56. The predicted octanol–water partition coefficient (Wildman–Crippen LogP) is 2.60. The molecule has 23 heavy (non-hydrogen) atoms. The van der Waals surface area contributed by atoms with Crippen molar-refractivity contribution in [3.63, 3.8) is 0 Å². The van der Waals surface area contributed by atoms with Gasteiger partial charge >= 0.3 is 4.87 Å². The predicted molar refractivity (Wildman–Crippen MR) is 88.3 cm³/mol. The highest BCUT2D eigenvalue weighted by Crippen LogP contribution is 2.47. The molecule has 122 valence electrons. The van der Waals surface area contributed by atoms with E-state index in [-0.39, 0.29) is 28.4 Å². The van der Waals surface area contributed by atoms with Gasteiger partial charge in [0, 0.05) is 36.0 Å². The van der Waals surface area contributed by atoms with Gasteiger partial charge in [-0.05, 0) is 37.5 Å². The maximum Gasteiger partial charge on any atom is 0.307 e. The fourth-order valence-corrected chi connectivity index (χ4v) is 3.53. The summed E-state index contributed by atoms with van der Waals surface area (Å²) in [4.78, 5) is 23.6. The van der Waals surface area contributed by atoms with Crippen LogP contribution in [0.3, 0.4) is 0 Å². The van der Waals surface area contributed by atoms with E-state index in [1.807, 2.05) is 6.92 Å². The van der Waals surface area contributed by atoms with Gasteiger partial charge in [0.25, 0.3) is 0 Å². The van der Waals surface area contributed by atoms with Gasteiger partial charge in [0.2, 0.25) is 5.91 Å². The zero-order chi connectivity index (χ0) is 16.4. The molecule has 1 aliphatic carbocycles. The topological polar surface area (TPSA) is 51.1 Å². The van der Waals surface area contributed by atoms with Crippen LogP contribution in [0.4, 0.5) is 4.39 Å². The first-order chi connectivity index (χ1) is 11.0. The molecule has 0 saturated heterocycles. The summed E-state index contributed by atoms with van der Waals surface area (Å²) in [7, 11) is 0. The monoisotopic (exact) mass is 334 g/mol. The van der Waals surface area contributed by atoms with Gasteiger partial charge in [-0.2, -0.15) is 0 Å². The van der Waals surface area contributed by atoms with Crippen molar-refractivity contribution in [3.05, 3.63) is 56.4 Å². The molecular formula is C17H19FN2O2S. The number of hydrogen-bond acceptors (Lipinski definition) is 3. The standard InChI is InChI=1S/C17H19FN2O2S/c1-12-10-23-16(22)20(12)9-6-15(21)19-11-17(7-8-17)13-2-4-14(18)5-3-13/h2-5,10H,6-9,11H2,1H3,(H,19,21). The molecule has 0 spiro atoms. The second kappa shape index (κ2) is 6.28. The van der Waals surface area contributed by atoms with Crippen LogP contribution < -0.4 is 10.2 Å². The largest absolute Gasteiger partial charge is 0.355 e. The Morgan fingerprint density at radius 3 is 2.61 bits per heavy atom. The molecule has 3 rings (SSSR count). The Morgan fingerprint density at radius 2 is 2.04 bits per heavy atom. The Labute approximate surface area is 138 Å². The van der Waals surface area contributed by atoms with E-state index in [0.717, 1.165) is 35.4 Å². The fourth-order valence-electron chi connectivity index (χ4n) is 2.77. The Morgan fingerprint density at radius 1 is 1.35 bits per heavy atom. The molecule has 6 heteroatoms. The lowest BCUT2D eigenvalue weighted by Crippen LogP contribution is -2.33. The third kappa shape index (κ3) is 3.52. The lowest BCUT2D eigenvalue weighted by Gasteiger charge is -2.16. The molecule has 2 aromatic rings. The van der Waals surface area contributed by atoms with E-state index < -0.39 is 0 Å². The molecule has 1 amide bonds. The Bertz CT molecular complexity index is 760. The molecule has 1 aromatic carbocycles. The summed E-state index contributed by atoms with van der Waals surface area (Å²) in [6.45, 7) is 2.84. The quantitative estimate of drug-likeness (QED) is 0.883. The van der Waals surface area contributed by atoms with Crippen LogP contribution in [0, 0.1) is 12.7 Å². The van der Waals surface area contributed by atoms with Gasteiger partial charge in [0.1, 0.15) is 5.82 Å². The van der Waals surface area contributed by atoms with Crippen LogP contribution in [0.15, 0.2) is 34.4 Å². The SMILES string of the molecule is Cc1csc(=O)n1CCC(=O)NCC1(c2ccc(F)cc2)CC1. The average molecular weight is 334 g/mol. The van der Waals surface area contributed by atoms with Crippen molar-refractivity contribution < 1.29 is 9.18 Å². The second-order valence-corrected chi connectivity index (χ2v) is 6.93. The number of carbonyl (C=O) groups excluding carboxylic acids is 1. The van der Waals surface area contributed by atoms with E-state index >= 15 is 0 Å². The maximum atomic E-state index is 13.0. The van der Waals surface area contributed by atoms with Crippen LogP contribution in [0.2, 0.25) is 0 Å². The van der Waals surface area contributed by atoms with Crippen molar-refractivity contribution in [1.82, 2.24) is 9.88 Å². The average Bonchev–Trinajstić information content (AvgIpc) is 3.26. The van der Waals surface area contributed by atoms with E-state index in [4.69, 9.17) is 0 Å². The number of nitrogens with zero attached hydrogens (tertiary/aromatic N) is 1. The molecule has 1 fully saturated rings. The van der Waals surface area contributed by atoms with E-state index in [0.29, 0.717) is 13.1 Å². The Hall–Kier alpha value is -1.95. The number of carbonyl (C=O) groups is 1. The molecular weight excluding hydrogens is 315 g/mol. The molecule has 1 heterocycles. The summed E-state index contributed by atoms with van der Waals surface area (Å²) >= 11 is 1.15. The van der Waals surface area contributed by atoms with Gasteiger partial charge < -0.3 is 9.88 Å². The number of benzene rings is 1. The first kappa shape index (κ1) is 15.9. The van der Waals surface area contributed by atoms with E-state index in [9.17, 15) is 14.0 Å². The molecule has 0 atom stereocenters.